The first-order valence-electron chi connectivity index (χ1n) is 8.56. The molecule has 26 heavy (non-hydrogen) atoms. The van der Waals surface area contributed by atoms with Gasteiger partial charge in [-0.05, 0) is 38.5 Å². The van der Waals surface area contributed by atoms with E-state index in [-0.39, 0.29) is 19.6 Å². The third-order valence-corrected chi connectivity index (χ3v) is 4.60. The number of ether oxygens (including phenoxy) is 2. The predicted molar refractivity (Wildman–Crippen MR) is 89.6 cm³/mol. The van der Waals surface area contributed by atoms with Gasteiger partial charge in [0.2, 0.25) is 0 Å². The van der Waals surface area contributed by atoms with Crippen molar-refractivity contribution >= 4 is 17.7 Å². The lowest BCUT2D eigenvalue weighted by Gasteiger charge is -2.43. The summed E-state index contributed by atoms with van der Waals surface area (Å²) in [5.41, 5.74) is -1.32. The van der Waals surface area contributed by atoms with Crippen LogP contribution in [0.3, 0.4) is 0 Å². The number of halogens is 1. The standard InChI is InChI=1S/C19H23FO6/c1-4-25-17(22)15-13(21)10-19(3,24)16(18(23)26-5-2)14(15)11-6-8-12(20)9-7-11/h6-9,14-16,24H,4-5,10H2,1-3H3/t14-,15-,16+,19-/m0/s1. The summed E-state index contributed by atoms with van der Waals surface area (Å²) in [6, 6.07) is 5.14. The average Bonchev–Trinajstić information content (AvgIpc) is 2.54. The molecule has 0 aliphatic heterocycles. The van der Waals surface area contributed by atoms with Crippen LogP contribution >= 0.6 is 0 Å². The molecule has 1 saturated carbocycles. The molecule has 0 aromatic heterocycles. The van der Waals surface area contributed by atoms with E-state index in [4.69, 9.17) is 9.47 Å². The topological polar surface area (TPSA) is 89.9 Å². The van der Waals surface area contributed by atoms with Crippen molar-refractivity contribution in [3.63, 3.8) is 0 Å². The lowest BCUT2D eigenvalue weighted by molar-refractivity contribution is -0.172. The maximum atomic E-state index is 13.3. The highest BCUT2D eigenvalue weighted by Gasteiger charge is 2.57. The van der Waals surface area contributed by atoms with E-state index in [1.165, 1.54) is 31.2 Å². The van der Waals surface area contributed by atoms with E-state index in [2.05, 4.69) is 0 Å². The summed E-state index contributed by atoms with van der Waals surface area (Å²) in [6.45, 7) is 4.75. The Morgan fingerprint density at radius 3 is 2.23 bits per heavy atom. The molecule has 1 aliphatic carbocycles. The molecule has 6 nitrogen and oxygen atoms in total. The van der Waals surface area contributed by atoms with Crippen molar-refractivity contribution in [3.8, 4) is 0 Å². The molecule has 1 aromatic rings. The molecule has 0 saturated heterocycles. The first-order valence-corrected chi connectivity index (χ1v) is 8.56. The zero-order chi connectivity index (χ0) is 19.5. The minimum atomic E-state index is -1.70. The number of carbonyl (C=O) groups is 3. The number of rotatable bonds is 5. The molecule has 0 spiro atoms. The first kappa shape index (κ1) is 20.0. The molecule has 0 amide bonds. The minimum absolute atomic E-state index is 0.0687. The normalized spacial score (nSPS) is 28.5. The lowest BCUT2D eigenvalue weighted by Crippen LogP contribution is -2.55. The molecule has 1 fully saturated rings. The smallest absolute Gasteiger partial charge is 0.317 e. The molecule has 7 heteroatoms. The Kier molecular flexibility index (Phi) is 6.13. The second kappa shape index (κ2) is 7.95. The third kappa shape index (κ3) is 3.93. The summed E-state index contributed by atoms with van der Waals surface area (Å²) < 4.78 is 23.4. The van der Waals surface area contributed by atoms with Crippen molar-refractivity contribution in [2.24, 2.45) is 11.8 Å². The molecule has 1 aromatic carbocycles. The molecule has 142 valence electrons. The van der Waals surface area contributed by atoms with Crippen LogP contribution in [0.5, 0.6) is 0 Å². The summed E-state index contributed by atoms with van der Waals surface area (Å²) in [5.74, 6) is -5.95. The zero-order valence-electron chi connectivity index (χ0n) is 15.0. The summed E-state index contributed by atoms with van der Waals surface area (Å²) >= 11 is 0. The monoisotopic (exact) mass is 366 g/mol. The average molecular weight is 366 g/mol. The van der Waals surface area contributed by atoms with Crippen molar-refractivity contribution < 1.29 is 33.4 Å². The number of benzene rings is 1. The summed E-state index contributed by atoms with van der Waals surface area (Å²) in [5, 5.41) is 10.8. The largest absolute Gasteiger partial charge is 0.466 e. The van der Waals surface area contributed by atoms with Gasteiger partial charge in [-0.2, -0.15) is 0 Å². The molecule has 0 bridgehead atoms. The van der Waals surface area contributed by atoms with Crippen molar-refractivity contribution in [2.75, 3.05) is 13.2 Å². The number of Topliss-reactive ketones (excluding diaryl/α,β-unsaturated/α-hetero) is 1. The number of aliphatic hydroxyl groups is 1. The second-order valence-electron chi connectivity index (χ2n) is 6.54. The van der Waals surface area contributed by atoms with Crippen molar-refractivity contribution in [2.45, 2.75) is 38.7 Å². The maximum absolute atomic E-state index is 13.3. The third-order valence-electron chi connectivity index (χ3n) is 4.60. The molecule has 0 unspecified atom stereocenters. The van der Waals surface area contributed by atoms with Gasteiger partial charge >= 0.3 is 11.9 Å². The summed E-state index contributed by atoms with van der Waals surface area (Å²) in [4.78, 5) is 37.6. The van der Waals surface area contributed by atoms with Crippen LogP contribution in [0.1, 0.15) is 38.7 Å². The number of hydrogen-bond acceptors (Lipinski definition) is 6. The Balaban J connectivity index is 2.59. The Labute approximate surface area is 151 Å². The van der Waals surface area contributed by atoms with Crippen LogP contribution in [0.2, 0.25) is 0 Å². The van der Waals surface area contributed by atoms with Crippen LogP contribution < -0.4 is 0 Å². The van der Waals surface area contributed by atoms with Gasteiger partial charge in [-0.3, -0.25) is 14.4 Å². The van der Waals surface area contributed by atoms with Gasteiger partial charge in [-0.15, -0.1) is 0 Å². The second-order valence-corrected chi connectivity index (χ2v) is 6.54. The molecule has 4 atom stereocenters. The first-order chi connectivity index (χ1) is 12.2. The molecule has 1 N–H and O–H groups in total. The number of ketones is 1. The van der Waals surface area contributed by atoms with E-state index >= 15 is 0 Å². The van der Waals surface area contributed by atoms with Crippen molar-refractivity contribution in [3.05, 3.63) is 35.6 Å². The zero-order valence-corrected chi connectivity index (χ0v) is 15.0. The Morgan fingerprint density at radius 2 is 1.69 bits per heavy atom. The van der Waals surface area contributed by atoms with E-state index < -0.39 is 46.9 Å². The molecule has 2 rings (SSSR count). The van der Waals surface area contributed by atoms with Gasteiger partial charge in [0.1, 0.15) is 11.7 Å². The fraction of sp³-hybridized carbons (Fsp3) is 0.526. The highest BCUT2D eigenvalue weighted by atomic mass is 19.1. The van der Waals surface area contributed by atoms with Gasteiger partial charge in [0, 0.05) is 12.3 Å². The molecule has 0 radical (unpaired) electrons. The van der Waals surface area contributed by atoms with Gasteiger partial charge in [-0.1, -0.05) is 12.1 Å². The maximum Gasteiger partial charge on any atom is 0.317 e. The van der Waals surface area contributed by atoms with E-state index in [0.717, 1.165) is 0 Å². The van der Waals surface area contributed by atoms with E-state index in [1.807, 2.05) is 0 Å². The fourth-order valence-electron chi connectivity index (χ4n) is 3.56. The highest BCUT2D eigenvalue weighted by molar-refractivity contribution is 6.02. The molecule has 0 heterocycles. The van der Waals surface area contributed by atoms with Crippen molar-refractivity contribution in [1.29, 1.82) is 0 Å². The Hall–Kier alpha value is -2.28. The lowest BCUT2D eigenvalue weighted by atomic mass is 9.62. The van der Waals surface area contributed by atoms with Crippen molar-refractivity contribution in [1.82, 2.24) is 0 Å². The minimum Gasteiger partial charge on any atom is -0.466 e. The van der Waals surface area contributed by atoms with E-state index in [9.17, 15) is 23.9 Å². The van der Waals surface area contributed by atoms with E-state index in [0.29, 0.717) is 5.56 Å². The summed E-state index contributed by atoms with van der Waals surface area (Å²) in [6.07, 6.45) is -0.377. The number of hydrogen-bond donors (Lipinski definition) is 1. The van der Waals surface area contributed by atoms with Crippen LogP contribution in [0.25, 0.3) is 0 Å². The van der Waals surface area contributed by atoms with Crippen LogP contribution in [0.15, 0.2) is 24.3 Å². The molecule has 1 aliphatic rings. The number of carbonyl (C=O) groups excluding carboxylic acids is 3. The van der Waals surface area contributed by atoms with Gasteiger partial charge < -0.3 is 14.6 Å². The van der Waals surface area contributed by atoms with Gasteiger partial charge in [-0.25, -0.2) is 4.39 Å². The predicted octanol–water partition coefficient (Wildman–Crippen LogP) is 1.99. The van der Waals surface area contributed by atoms with Crippen LogP contribution in [0, 0.1) is 17.7 Å². The number of esters is 2. The molecular formula is C19H23FO6. The van der Waals surface area contributed by atoms with Crippen LogP contribution in [-0.4, -0.2) is 41.6 Å². The van der Waals surface area contributed by atoms with E-state index in [1.54, 1.807) is 13.8 Å². The highest BCUT2D eigenvalue weighted by Crippen LogP contribution is 2.46. The molecular weight excluding hydrogens is 343 g/mol. The fourth-order valence-corrected chi connectivity index (χ4v) is 3.56. The quantitative estimate of drug-likeness (QED) is 0.633. The van der Waals surface area contributed by atoms with Crippen LogP contribution in [0.4, 0.5) is 4.39 Å². The Bertz CT molecular complexity index is 682. The van der Waals surface area contributed by atoms with Gasteiger partial charge in [0.05, 0.1) is 24.7 Å². The van der Waals surface area contributed by atoms with Crippen LogP contribution in [-0.2, 0) is 23.9 Å². The Morgan fingerprint density at radius 1 is 1.15 bits per heavy atom. The van der Waals surface area contributed by atoms with Gasteiger partial charge in [0.15, 0.2) is 5.78 Å². The van der Waals surface area contributed by atoms with Gasteiger partial charge in [0.25, 0.3) is 0 Å². The summed E-state index contributed by atoms with van der Waals surface area (Å²) in [7, 11) is 0. The SMILES string of the molecule is CCOC(=O)[C@H]1C(=O)C[C@](C)(O)[C@@H](C(=O)OCC)[C@H]1c1ccc(F)cc1.